The molecule has 0 aromatic heterocycles. The van der Waals surface area contributed by atoms with Crippen molar-refractivity contribution in [2.24, 2.45) is 0 Å². The molecule has 29 heavy (non-hydrogen) atoms. The lowest BCUT2D eigenvalue weighted by molar-refractivity contribution is -0.120. The monoisotopic (exact) mass is 410 g/mol. The molecular weight excluding hydrogens is 388 g/mol. The predicted octanol–water partition coefficient (Wildman–Crippen LogP) is 2.88. The van der Waals surface area contributed by atoms with Crippen LogP contribution in [0.3, 0.4) is 0 Å². The van der Waals surface area contributed by atoms with Crippen LogP contribution in [0.4, 0.5) is 0 Å². The predicted molar refractivity (Wildman–Crippen MR) is 111 cm³/mol. The van der Waals surface area contributed by atoms with Crippen molar-refractivity contribution < 1.29 is 17.9 Å². The molecule has 0 bridgehead atoms. The molecule has 0 radical (unpaired) electrons. The minimum Gasteiger partial charge on any atom is -0.497 e. The summed E-state index contributed by atoms with van der Waals surface area (Å²) in [5.74, 6) is 0.120. The maximum atomic E-state index is 12.5. The van der Waals surface area contributed by atoms with Crippen molar-refractivity contribution in [3.63, 3.8) is 0 Å². The van der Waals surface area contributed by atoms with Crippen molar-refractivity contribution in [2.75, 3.05) is 13.7 Å². The molecule has 7 heteroatoms. The second-order valence-electron chi connectivity index (χ2n) is 6.32. The first-order chi connectivity index (χ1) is 14.0. The molecule has 6 nitrogen and oxygen atoms in total. The number of sulfonamides is 1. The molecule has 0 aliphatic carbocycles. The topological polar surface area (TPSA) is 84.5 Å². The minimum atomic E-state index is -3.81. The zero-order valence-electron chi connectivity index (χ0n) is 15.9. The van der Waals surface area contributed by atoms with Gasteiger partial charge >= 0.3 is 0 Å². The van der Waals surface area contributed by atoms with Gasteiger partial charge in [0, 0.05) is 0 Å². The third-order valence-corrected chi connectivity index (χ3v) is 5.78. The Kier molecular flexibility index (Phi) is 6.64. The van der Waals surface area contributed by atoms with Crippen LogP contribution in [0, 0.1) is 0 Å². The number of amides is 1. The summed E-state index contributed by atoms with van der Waals surface area (Å²) in [5.41, 5.74) is 1.81. The van der Waals surface area contributed by atoms with Gasteiger partial charge in [-0.25, -0.2) is 13.1 Å². The lowest BCUT2D eigenvalue weighted by Gasteiger charge is -2.20. The summed E-state index contributed by atoms with van der Waals surface area (Å²) in [4.78, 5) is 12.6. The van der Waals surface area contributed by atoms with Crippen LogP contribution in [0.15, 0.2) is 89.8 Å². The van der Waals surface area contributed by atoms with Crippen molar-refractivity contribution in [2.45, 2.75) is 10.9 Å². The molecule has 2 N–H and O–H groups in total. The van der Waals surface area contributed by atoms with Crippen LogP contribution in [0.25, 0.3) is 0 Å². The maximum absolute atomic E-state index is 12.5. The van der Waals surface area contributed by atoms with Gasteiger partial charge in [0.2, 0.25) is 15.9 Å². The average Bonchev–Trinajstić information content (AvgIpc) is 2.77. The van der Waals surface area contributed by atoms with Gasteiger partial charge < -0.3 is 10.1 Å². The summed E-state index contributed by atoms with van der Waals surface area (Å²) < 4.78 is 32.2. The first kappa shape index (κ1) is 20.6. The Bertz CT molecular complexity index is 998. The van der Waals surface area contributed by atoms with E-state index in [-0.39, 0.29) is 17.5 Å². The number of nitrogens with one attached hydrogen (secondary N) is 2. The molecule has 3 rings (SSSR count). The molecular formula is C22H22N2O4S. The first-order valence-corrected chi connectivity index (χ1v) is 10.5. The van der Waals surface area contributed by atoms with Crippen molar-refractivity contribution in [3.8, 4) is 5.75 Å². The van der Waals surface area contributed by atoms with Gasteiger partial charge in [-0.05, 0) is 35.4 Å². The van der Waals surface area contributed by atoms with Gasteiger partial charge in [0.15, 0.2) is 0 Å². The molecule has 150 valence electrons. The average molecular weight is 410 g/mol. The fourth-order valence-corrected chi connectivity index (χ4v) is 3.84. The highest BCUT2D eigenvalue weighted by atomic mass is 32.2. The molecule has 3 aromatic rings. The quantitative estimate of drug-likeness (QED) is 0.598. The van der Waals surface area contributed by atoms with E-state index in [1.807, 2.05) is 60.7 Å². The Labute approximate surface area is 170 Å². The van der Waals surface area contributed by atoms with Gasteiger partial charge in [-0.15, -0.1) is 0 Å². The molecule has 3 aromatic carbocycles. The van der Waals surface area contributed by atoms with Crippen LogP contribution in [0.2, 0.25) is 0 Å². The summed E-state index contributed by atoms with van der Waals surface area (Å²) in [7, 11) is -2.31. The molecule has 0 atom stereocenters. The van der Waals surface area contributed by atoms with Gasteiger partial charge in [0.25, 0.3) is 0 Å². The minimum absolute atomic E-state index is 0.0637. The van der Waals surface area contributed by atoms with E-state index in [0.29, 0.717) is 5.75 Å². The van der Waals surface area contributed by atoms with Crippen LogP contribution in [-0.4, -0.2) is 28.0 Å². The largest absolute Gasteiger partial charge is 0.497 e. The Morgan fingerprint density at radius 1 is 0.862 bits per heavy atom. The van der Waals surface area contributed by atoms with E-state index in [4.69, 9.17) is 4.74 Å². The first-order valence-electron chi connectivity index (χ1n) is 9.02. The van der Waals surface area contributed by atoms with Crippen LogP contribution >= 0.6 is 0 Å². The van der Waals surface area contributed by atoms with Crippen LogP contribution < -0.4 is 14.8 Å². The summed E-state index contributed by atoms with van der Waals surface area (Å²) in [5, 5.41) is 2.91. The molecule has 0 aliphatic heterocycles. The highest BCUT2D eigenvalue weighted by molar-refractivity contribution is 7.89. The standard InChI is InChI=1S/C22H22N2O4S/c1-28-19-12-14-20(15-13-19)29(26,27)23-16-21(25)24-22(17-8-4-2-5-9-17)18-10-6-3-7-11-18/h2-15,22-23H,16H2,1H3,(H,24,25). The van der Waals surface area contributed by atoms with Gasteiger partial charge in [-0.2, -0.15) is 0 Å². The maximum Gasteiger partial charge on any atom is 0.241 e. The summed E-state index contributed by atoms with van der Waals surface area (Å²) in [6, 6.07) is 24.6. The SMILES string of the molecule is COc1ccc(S(=O)(=O)NCC(=O)NC(c2ccccc2)c2ccccc2)cc1. The fraction of sp³-hybridized carbons (Fsp3) is 0.136. The van der Waals surface area contributed by atoms with Gasteiger partial charge in [0.05, 0.1) is 24.6 Å². The Morgan fingerprint density at radius 2 is 1.38 bits per heavy atom. The lowest BCUT2D eigenvalue weighted by atomic mass is 9.99. The third-order valence-electron chi connectivity index (χ3n) is 4.36. The van der Waals surface area contributed by atoms with E-state index in [1.54, 1.807) is 12.1 Å². The van der Waals surface area contributed by atoms with E-state index < -0.39 is 15.9 Å². The molecule has 0 saturated carbocycles. The molecule has 0 fully saturated rings. The molecule has 0 aliphatic rings. The molecule has 0 heterocycles. The number of ether oxygens (including phenoxy) is 1. The van der Waals surface area contributed by atoms with Crippen molar-refractivity contribution in [3.05, 3.63) is 96.1 Å². The van der Waals surface area contributed by atoms with Crippen molar-refractivity contribution in [1.82, 2.24) is 10.0 Å². The van der Waals surface area contributed by atoms with Crippen molar-refractivity contribution in [1.29, 1.82) is 0 Å². The third kappa shape index (κ3) is 5.43. The zero-order chi connectivity index (χ0) is 20.7. The van der Waals surface area contributed by atoms with E-state index in [2.05, 4.69) is 10.0 Å². The number of benzene rings is 3. The molecule has 1 amide bonds. The zero-order valence-corrected chi connectivity index (χ0v) is 16.7. The van der Waals surface area contributed by atoms with E-state index in [1.165, 1.54) is 19.2 Å². The second-order valence-corrected chi connectivity index (χ2v) is 8.09. The van der Waals surface area contributed by atoms with E-state index in [0.717, 1.165) is 11.1 Å². The Morgan fingerprint density at radius 3 is 1.86 bits per heavy atom. The highest BCUT2D eigenvalue weighted by Gasteiger charge is 2.19. The van der Waals surface area contributed by atoms with Gasteiger partial charge in [0.1, 0.15) is 5.75 Å². The Hall–Kier alpha value is -3.16. The summed E-state index contributed by atoms with van der Waals surface area (Å²) >= 11 is 0. The van der Waals surface area contributed by atoms with Crippen molar-refractivity contribution >= 4 is 15.9 Å². The molecule has 0 saturated heterocycles. The normalized spacial score (nSPS) is 11.2. The van der Waals surface area contributed by atoms with E-state index in [9.17, 15) is 13.2 Å². The lowest BCUT2D eigenvalue weighted by Crippen LogP contribution is -2.39. The number of carbonyl (C=O) groups is 1. The number of hydrogen-bond donors (Lipinski definition) is 2. The van der Waals surface area contributed by atoms with Crippen LogP contribution in [-0.2, 0) is 14.8 Å². The van der Waals surface area contributed by atoms with Gasteiger partial charge in [-0.3, -0.25) is 4.79 Å². The number of methoxy groups -OCH3 is 1. The number of carbonyl (C=O) groups excluding carboxylic acids is 1. The summed E-state index contributed by atoms with van der Waals surface area (Å²) in [6.07, 6.45) is 0. The molecule has 0 spiro atoms. The summed E-state index contributed by atoms with van der Waals surface area (Å²) in [6.45, 7) is -0.371. The smallest absolute Gasteiger partial charge is 0.241 e. The van der Waals surface area contributed by atoms with Gasteiger partial charge in [-0.1, -0.05) is 60.7 Å². The van der Waals surface area contributed by atoms with Crippen LogP contribution in [0.5, 0.6) is 5.75 Å². The number of hydrogen-bond acceptors (Lipinski definition) is 4. The van der Waals surface area contributed by atoms with E-state index >= 15 is 0 Å². The molecule has 0 unspecified atom stereocenters. The number of rotatable bonds is 8. The Balaban J connectivity index is 1.70. The second kappa shape index (κ2) is 9.36. The highest BCUT2D eigenvalue weighted by Crippen LogP contribution is 2.21. The van der Waals surface area contributed by atoms with Crippen LogP contribution in [0.1, 0.15) is 17.2 Å². The fourth-order valence-electron chi connectivity index (χ4n) is 2.86.